The molecule has 0 bridgehead atoms. The normalized spacial score (nSPS) is 10.5. The molecule has 0 atom stereocenters. The molecule has 0 aliphatic carbocycles. The molecule has 1 aromatic heterocycles. The zero-order valence-electron chi connectivity index (χ0n) is 12.7. The highest BCUT2D eigenvalue weighted by molar-refractivity contribution is 5.94. The minimum Gasteiger partial charge on any atom is -0.494 e. The molecule has 1 amide bonds. The number of hydrogen-bond acceptors (Lipinski definition) is 5. The van der Waals surface area contributed by atoms with E-state index in [2.05, 4.69) is 5.32 Å². The lowest BCUT2D eigenvalue weighted by Gasteiger charge is -2.07. The molecule has 1 N–H and O–H groups in total. The van der Waals surface area contributed by atoms with Crippen molar-refractivity contribution in [3.05, 3.63) is 54.5 Å². The van der Waals surface area contributed by atoms with Crippen molar-refractivity contribution in [3.63, 3.8) is 0 Å². The smallest absolute Gasteiger partial charge is 0.331 e. The highest BCUT2D eigenvalue weighted by Crippen LogP contribution is 2.15. The van der Waals surface area contributed by atoms with Crippen molar-refractivity contribution >= 4 is 23.6 Å². The SMILES string of the molecule is CCOc1ccc(NC(=O)COC(=O)/C=C/c2ccco2)cc1. The van der Waals surface area contributed by atoms with Crippen molar-refractivity contribution < 1.29 is 23.5 Å². The fraction of sp³-hybridized carbons (Fsp3) is 0.176. The average molecular weight is 315 g/mol. The minimum absolute atomic E-state index is 0.367. The molecule has 0 saturated heterocycles. The Morgan fingerprint density at radius 3 is 2.65 bits per heavy atom. The van der Waals surface area contributed by atoms with Crippen molar-refractivity contribution in [1.29, 1.82) is 0 Å². The first-order chi connectivity index (χ1) is 11.2. The molecule has 1 heterocycles. The number of carbonyl (C=O) groups is 2. The van der Waals surface area contributed by atoms with E-state index in [0.717, 1.165) is 5.75 Å². The van der Waals surface area contributed by atoms with Crippen LogP contribution in [0.15, 0.2) is 53.2 Å². The van der Waals surface area contributed by atoms with Gasteiger partial charge in [0.25, 0.3) is 5.91 Å². The van der Waals surface area contributed by atoms with Crippen LogP contribution in [0.2, 0.25) is 0 Å². The second-order valence-electron chi connectivity index (χ2n) is 4.46. The minimum atomic E-state index is -0.622. The van der Waals surface area contributed by atoms with Crippen molar-refractivity contribution in [1.82, 2.24) is 0 Å². The number of nitrogens with one attached hydrogen (secondary N) is 1. The number of furan rings is 1. The monoisotopic (exact) mass is 315 g/mol. The fourth-order valence-corrected chi connectivity index (χ4v) is 1.72. The van der Waals surface area contributed by atoms with E-state index in [1.54, 1.807) is 36.4 Å². The second-order valence-corrected chi connectivity index (χ2v) is 4.46. The second kappa shape index (κ2) is 8.43. The maximum atomic E-state index is 11.7. The van der Waals surface area contributed by atoms with Crippen LogP contribution in [0.4, 0.5) is 5.69 Å². The molecule has 23 heavy (non-hydrogen) atoms. The van der Waals surface area contributed by atoms with E-state index in [9.17, 15) is 9.59 Å². The van der Waals surface area contributed by atoms with E-state index in [1.165, 1.54) is 18.4 Å². The summed E-state index contributed by atoms with van der Waals surface area (Å²) in [6, 6.07) is 10.3. The molecule has 0 fully saturated rings. The fourth-order valence-electron chi connectivity index (χ4n) is 1.72. The van der Waals surface area contributed by atoms with Gasteiger partial charge in [0.1, 0.15) is 11.5 Å². The molecule has 0 aliphatic rings. The Morgan fingerprint density at radius 1 is 1.22 bits per heavy atom. The number of ether oxygens (including phenoxy) is 2. The number of carbonyl (C=O) groups excluding carboxylic acids is 2. The first-order valence-electron chi connectivity index (χ1n) is 7.08. The molecule has 0 unspecified atom stereocenters. The van der Waals surface area contributed by atoms with Crippen LogP contribution in [0.5, 0.6) is 5.75 Å². The van der Waals surface area contributed by atoms with Gasteiger partial charge in [-0.25, -0.2) is 4.79 Å². The van der Waals surface area contributed by atoms with Crippen LogP contribution >= 0.6 is 0 Å². The number of rotatable bonds is 7. The summed E-state index contributed by atoms with van der Waals surface area (Å²) >= 11 is 0. The van der Waals surface area contributed by atoms with Gasteiger partial charge in [-0.1, -0.05) is 0 Å². The third-order valence-electron chi connectivity index (χ3n) is 2.72. The van der Waals surface area contributed by atoms with E-state index in [0.29, 0.717) is 18.1 Å². The Hall–Kier alpha value is -3.02. The van der Waals surface area contributed by atoms with Gasteiger partial charge >= 0.3 is 5.97 Å². The summed E-state index contributed by atoms with van der Waals surface area (Å²) in [6.07, 6.45) is 4.16. The Bertz CT molecular complexity index is 659. The highest BCUT2D eigenvalue weighted by atomic mass is 16.5. The number of amides is 1. The van der Waals surface area contributed by atoms with Crippen LogP contribution in [0, 0.1) is 0 Å². The molecule has 0 saturated carbocycles. The van der Waals surface area contributed by atoms with Crippen molar-refractivity contribution in [2.24, 2.45) is 0 Å². The summed E-state index contributed by atoms with van der Waals surface area (Å²) in [5.74, 6) is 0.206. The summed E-state index contributed by atoms with van der Waals surface area (Å²) in [7, 11) is 0. The van der Waals surface area contributed by atoms with E-state index in [4.69, 9.17) is 13.9 Å². The maximum Gasteiger partial charge on any atom is 0.331 e. The van der Waals surface area contributed by atoms with Gasteiger partial charge in [-0.15, -0.1) is 0 Å². The molecular formula is C17H17NO5. The van der Waals surface area contributed by atoms with Crippen LogP contribution in [0.1, 0.15) is 12.7 Å². The Labute approximate surface area is 133 Å². The molecule has 2 rings (SSSR count). The van der Waals surface area contributed by atoms with Gasteiger partial charge in [0.15, 0.2) is 6.61 Å². The molecule has 0 spiro atoms. The molecular weight excluding hydrogens is 298 g/mol. The van der Waals surface area contributed by atoms with E-state index < -0.39 is 11.9 Å². The van der Waals surface area contributed by atoms with Crippen LogP contribution < -0.4 is 10.1 Å². The molecule has 120 valence electrons. The average Bonchev–Trinajstić information content (AvgIpc) is 3.06. The summed E-state index contributed by atoms with van der Waals surface area (Å²) in [4.78, 5) is 23.2. The quantitative estimate of drug-likeness (QED) is 0.628. The summed E-state index contributed by atoms with van der Waals surface area (Å²) in [6.45, 7) is 2.10. The molecule has 0 radical (unpaired) electrons. The molecule has 0 aliphatic heterocycles. The van der Waals surface area contributed by atoms with E-state index in [-0.39, 0.29) is 6.61 Å². The van der Waals surface area contributed by atoms with Gasteiger partial charge in [0.2, 0.25) is 0 Å². The standard InChI is InChI=1S/C17H17NO5/c1-2-21-15-7-5-13(6-8-15)18-16(19)12-23-17(20)10-9-14-4-3-11-22-14/h3-11H,2,12H2,1H3,(H,18,19)/b10-9+. The Morgan fingerprint density at radius 2 is 2.00 bits per heavy atom. The lowest BCUT2D eigenvalue weighted by Crippen LogP contribution is -2.20. The lowest BCUT2D eigenvalue weighted by molar-refractivity contribution is -0.142. The zero-order valence-corrected chi connectivity index (χ0v) is 12.7. The van der Waals surface area contributed by atoms with Crippen LogP contribution in [0.25, 0.3) is 6.08 Å². The molecule has 6 heteroatoms. The number of hydrogen-bond donors (Lipinski definition) is 1. The zero-order chi connectivity index (χ0) is 16.5. The van der Waals surface area contributed by atoms with Crippen molar-refractivity contribution in [2.75, 3.05) is 18.5 Å². The van der Waals surface area contributed by atoms with Gasteiger partial charge in [0.05, 0.1) is 12.9 Å². The summed E-state index contributed by atoms with van der Waals surface area (Å²) < 4.78 is 15.2. The maximum absolute atomic E-state index is 11.7. The van der Waals surface area contributed by atoms with Crippen LogP contribution in [-0.2, 0) is 14.3 Å². The third-order valence-corrected chi connectivity index (χ3v) is 2.72. The predicted octanol–water partition coefficient (Wildman–Crippen LogP) is 2.87. The van der Waals surface area contributed by atoms with Crippen molar-refractivity contribution in [2.45, 2.75) is 6.92 Å². The van der Waals surface area contributed by atoms with Gasteiger partial charge in [-0.3, -0.25) is 4.79 Å². The summed E-state index contributed by atoms with van der Waals surface area (Å²) in [5, 5.41) is 2.62. The van der Waals surface area contributed by atoms with E-state index >= 15 is 0 Å². The van der Waals surface area contributed by atoms with Gasteiger partial charge < -0.3 is 19.2 Å². The van der Waals surface area contributed by atoms with Gasteiger partial charge in [-0.2, -0.15) is 0 Å². The van der Waals surface area contributed by atoms with Crippen LogP contribution in [-0.4, -0.2) is 25.1 Å². The molecule has 2 aromatic rings. The number of benzene rings is 1. The molecule has 6 nitrogen and oxygen atoms in total. The van der Waals surface area contributed by atoms with Gasteiger partial charge in [0, 0.05) is 11.8 Å². The predicted molar refractivity (Wildman–Crippen MR) is 84.9 cm³/mol. The first-order valence-corrected chi connectivity index (χ1v) is 7.08. The number of anilines is 1. The topological polar surface area (TPSA) is 77.8 Å². The third kappa shape index (κ3) is 5.70. The van der Waals surface area contributed by atoms with E-state index in [1.807, 2.05) is 6.92 Å². The lowest BCUT2D eigenvalue weighted by atomic mass is 10.3. The first kappa shape index (κ1) is 16.4. The van der Waals surface area contributed by atoms with Crippen molar-refractivity contribution in [3.8, 4) is 5.75 Å². The number of esters is 1. The van der Waals surface area contributed by atoms with Crippen LogP contribution in [0.3, 0.4) is 0 Å². The Balaban J connectivity index is 1.75. The van der Waals surface area contributed by atoms with Gasteiger partial charge in [-0.05, 0) is 49.4 Å². The summed E-state index contributed by atoms with van der Waals surface area (Å²) in [5.41, 5.74) is 0.598. The Kier molecular flexibility index (Phi) is 5.99. The largest absolute Gasteiger partial charge is 0.494 e. The highest BCUT2D eigenvalue weighted by Gasteiger charge is 2.06. The molecule has 1 aromatic carbocycles.